The summed E-state index contributed by atoms with van der Waals surface area (Å²) in [4.78, 5) is 24.5. The summed E-state index contributed by atoms with van der Waals surface area (Å²) in [7, 11) is 1.23. The molecule has 1 aromatic carbocycles. The molecule has 1 aromatic rings. The Morgan fingerprint density at radius 2 is 2.23 bits per heavy atom. The Balaban J connectivity index is 2.34. The van der Waals surface area contributed by atoms with Gasteiger partial charge >= 0.3 is 5.97 Å². The first-order chi connectivity index (χ1) is 10.6. The van der Waals surface area contributed by atoms with Gasteiger partial charge in [0.05, 0.1) is 12.0 Å². The second-order valence-electron chi connectivity index (χ2n) is 5.25. The maximum atomic E-state index is 11.8. The van der Waals surface area contributed by atoms with Crippen molar-refractivity contribution in [2.75, 3.05) is 31.4 Å². The summed E-state index contributed by atoms with van der Waals surface area (Å²) in [6.07, 6.45) is 5.54. The van der Waals surface area contributed by atoms with Gasteiger partial charge in [0.1, 0.15) is 5.56 Å². The third-order valence-electron chi connectivity index (χ3n) is 3.91. The lowest BCUT2D eigenvalue weighted by atomic mass is 10.1. The number of rotatable bonds is 4. The third-order valence-corrected chi connectivity index (χ3v) is 4.96. The number of thioether (sulfide) groups is 1. The van der Waals surface area contributed by atoms with Gasteiger partial charge in [0, 0.05) is 30.1 Å². The van der Waals surface area contributed by atoms with E-state index >= 15 is 0 Å². The largest absolute Gasteiger partial charge is 0.465 e. The average molecular weight is 324 g/mol. The van der Waals surface area contributed by atoms with E-state index in [4.69, 9.17) is 0 Å². The quantitative estimate of drug-likeness (QED) is 0.481. The molecule has 120 valence electrons. The van der Waals surface area contributed by atoms with E-state index in [9.17, 15) is 14.9 Å². The topological polar surface area (TPSA) is 72.7 Å². The van der Waals surface area contributed by atoms with E-state index < -0.39 is 10.9 Å². The van der Waals surface area contributed by atoms with Crippen molar-refractivity contribution < 1.29 is 14.5 Å². The molecule has 22 heavy (non-hydrogen) atoms. The van der Waals surface area contributed by atoms with Crippen molar-refractivity contribution in [3.05, 3.63) is 33.9 Å². The Kier molecular flexibility index (Phi) is 5.65. The number of nitrogens with zero attached hydrogens (tertiary/aromatic N) is 2. The molecule has 0 aliphatic carbocycles. The number of nitro benzene ring substituents is 1. The summed E-state index contributed by atoms with van der Waals surface area (Å²) in [6, 6.07) is 4.68. The van der Waals surface area contributed by atoms with Crippen LogP contribution in [-0.4, -0.2) is 42.6 Å². The number of anilines is 1. The van der Waals surface area contributed by atoms with Crippen molar-refractivity contribution in [2.45, 2.75) is 24.5 Å². The van der Waals surface area contributed by atoms with Crippen molar-refractivity contribution in [1.29, 1.82) is 0 Å². The monoisotopic (exact) mass is 324 g/mol. The van der Waals surface area contributed by atoms with E-state index in [2.05, 4.69) is 15.9 Å². The minimum absolute atomic E-state index is 0.00921. The van der Waals surface area contributed by atoms with Crippen LogP contribution in [0.1, 0.15) is 29.6 Å². The smallest absolute Gasteiger partial charge is 0.344 e. The Bertz CT molecular complexity index is 564. The van der Waals surface area contributed by atoms with Crippen molar-refractivity contribution in [3.63, 3.8) is 0 Å². The summed E-state index contributed by atoms with van der Waals surface area (Å²) in [6.45, 7) is 1.79. The molecule has 1 aliphatic heterocycles. The summed E-state index contributed by atoms with van der Waals surface area (Å²) in [5.41, 5.74) is 0.633. The van der Waals surface area contributed by atoms with Gasteiger partial charge in [0.25, 0.3) is 5.69 Å². The molecule has 0 spiro atoms. The van der Waals surface area contributed by atoms with Crippen molar-refractivity contribution in [2.24, 2.45) is 0 Å². The first-order valence-corrected chi connectivity index (χ1v) is 8.50. The average Bonchev–Trinajstić information content (AvgIpc) is 2.79. The number of carbonyl (C=O) groups is 1. The van der Waals surface area contributed by atoms with Crippen LogP contribution in [0.25, 0.3) is 0 Å². The maximum absolute atomic E-state index is 11.8. The van der Waals surface area contributed by atoms with Gasteiger partial charge in [-0.15, -0.1) is 0 Å². The molecule has 1 fully saturated rings. The maximum Gasteiger partial charge on any atom is 0.344 e. The van der Waals surface area contributed by atoms with Crippen LogP contribution in [0.4, 0.5) is 11.4 Å². The molecule has 1 unspecified atom stereocenters. The number of hydrogen-bond donors (Lipinski definition) is 0. The van der Waals surface area contributed by atoms with E-state index in [1.165, 1.54) is 26.0 Å². The van der Waals surface area contributed by atoms with Gasteiger partial charge < -0.3 is 9.64 Å². The molecule has 1 heterocycles. The van der Waals surface area contributed by atoms with E-state index in [1.807, 2.05) is 11.8 Å². The Labute approximate surface area is 134 Å². The zero-order valence-electron chi connectivity index (χ0n) is 12.8. The van der Waals surface area contributed by atoms with E-state index in [0.29, 0.717) is 5.25 Å². The molecule has 0 saturated carbocycles. The molecule has 0 radical (unpaired) electrons. The van der Waals surface area contributed by atoms with E-state index in [0.717, 1.165) is 25.2 Å². The molecule has 0 N–H and O–H groups in total. The predicted octanol–water partition coefficient (Wildman–Crippen LogP) is 3.10. The Hall–Kier alpha value is -1.76. The van der Waals surface area contributed by atoms with Crippen LogP contribution in [0.2, 0.25) is 0 Å². The highest BCUT2D eigenvalue weighted by Gasteiger charge is 2.24. The number of methoxy groups -OCH3 is 1. The van der Waals surface area contributed by atoms with Gasteiger partial charge in [0.2, 0.25) is 0 Å². The predicted molar refractivity (Wildman–Crippen MR) is 87.8 cm³/mol. The van der Waals surface area contributed by atoms with Crippen LogP contribution < -0.4 is 4.90 Å². The first-order valence-electron chi connectivity index (χ1n) is 7.21. The van der Waals surface area contributed by atoms with Crippen LogP contribution in [0.5, 0.6) is 0 Å². The molecule has 1 aliphatic rings. The Morgan fingerprint density at radius 1 is 1.45 bits per heavy atom. The van der Waals surface area contributed by atoms with Crippen LogP contribution >= 0.6 is 11.8 Å². The molecule has 0 aromatic heterocycles. The van der Waals surface area contributed by atoms with Crippen molar-refractivity contribution >= 4 is 29.1 Å². The van der Waals surface area contributed by atoms with Gasteiger partial charge in [-0.25, -0.2) is 4.79 Å². The zero-order chi connectivity index (χ0) is 16.1. The highest BCUT2D eigenvalue weighted by Crippen LogP contribution is 2.29. The summed E-state index contributed by atoms with van der Waals surface area (Å²) in [5, 5.41) is 11.6. The molecular formula is C15H20N2O4S. The number of carbonyl (C=O) groups excluding carboxylic acids is 1. The van der Waals surface area contributed by atoms with E-state index in [1.54, 1.807) is 12.1 Å². The van der Waals surface area contributed by atoms with Gasteiger partial charge in [-0.1, -0.05) is 6.42 Å². The lowest BCUT2D eigenvalue weighted by molar-refractivity contribution is -0.385. The fourth-order valence-corrected chi connectivity index (χ4v) is 3.41. The standard InChI is InChI=1S/C15H20N2O4S/c1-21-15(18)13-9-11(6-7-14(13)17(19)20)16-8-4-3-5-12(10-16)22-2/h6-7,9,12H,3-5,8,10H2,1-2H3. The number of ether oxygens (including phenoxy) is 1. The lowest BCUT2D eigenvalue weighted by Gasteiger charge is -2.26. The highest BCUT2D eigenvalue weighted by atomic mass is 32.2. The summed E-state index contributed by atoms with van der Waals surface area (Å²) >= 11 is 1.84. The molecular weight excluding hydrogens is 304 g/mol. The minimum atomic E-state index is -0.676. The normalized spacial score (nSPS) is 18.6. The van der Waals surface area contributed by atoms with Crippen LogP contribution in [0, 0.1) is 10.1 Å². The van der Waals surface area contributed by atoms with Crippen LogP contribution in [0.3, 0.4) is 0 Å². The number of nitro groups is 1. The van der Waals surface area contributed by atoms with Gasteiger partial charge in [0.15, 0.2) is 0 Å². The third kappa shape index (κ3) is 3.71. The molecule has 1 atom stereocenters. The molecule has 0 bridgehead atoms. The SMILES string of the molecule is COC(=O)c1cc(N2CCCCC(SC)C2)ccc1[N+](=O)[O-]. The minimum Gasteiger partial charge on any atom is -0.465 e. The van der Waals surface area contributed by atoms with E-state index in [-0.39, 0.29) is 11.3 Å². The second-order valence-corrected chi connectivity index (χ2v) is 6.39. The summed E-state index contributed by atoms with van der Waals surface area (Å²) < 4.78 is 4.67. The van der Waals surface area contributed by atoms with Gasteiger partial charge in [-0.05, 0) is 31.2 Å². The summed E-state index contributed by atoms with van der Waals surface area (Å²) in [5.74, 6) is -0.676. The van der Waals surface area contributed by atoms with Crippen LogP contribution in [0.15, 0.2) is 18.2 Å². The molecule has 6 nitrogen and oxygen atoms in total. The van der Waals surface area contributed by atoms with Crippen molar-refractivity contribution in [1.82, 2.24) is 0 Å². The molecule has 1 saturated heterocycles. The molecule has 2 rings (SSSR count). The second kappa shape index (κ2) is 7.49. The van der Waals surface area contributed by atoms with Crippen molar-refractivity contribution in [3.8, 4) is 0 Å². The number of esters is 1. The number of hydrogen-bond acceptors (Lipinski definition) is 6. The first kappa shape index (κ1) is 16.6. The van der Waals surface area contributed by atoms with Gasteiger partial charge in [-0.2, -0.15) is 11.8 Å². The lowest BCUT2D eigenvalue weighted by Crippen LogP contribution is -2.29. The van der Waals surface area contributed by atoms with Crippen LogP contribution in [-0.2, 0) is 4.74 Å². The Morgan fingerprint density at radius 3 is 2.86 bits per heavy atom. The van der Waals surface area contributed by atoms with Gasteiger partial charge in [-0.3, -0.25) is 10.1 Å². The number of benzene rings is 1. The molecule has 7 heteroatoms. The molecule has 0 amide bonds. The fourth-order valence-electron chi connectivity index (χ4n) is 2.68. The highest BCUT2D eigenvalue weighted by molar-refractivity contribution is 7.99. The zero-order valence-corrected chi connectivity index (χ0v) is 13.6. The fraction of sp³-hybridized carbons (Fsp3) is 0.533.